The highest BCUT2D eigenvalue weighted by Gasteiger charge is 2.33. The van der Waals surface area contributed by atoms with Crippen LogP contribution >= 0.6 is 0 Å². The third-order valence-corrected chi connectivity index (χ3v) is 3.26. The van der Waals surface area contributed by atoms with Crippen LogP contribution in [0, 0.1) is 0 Å². The summed E-state index contributed by atoms with van der Waals surface area (Å²) in [5, 5.41) is 14.4. The molecule has 0 radical (unpaired) electrons. The fraction of sp³-hybridized carbons (Fsp3) is 0.500. The van der Waals surface area contributed by atoms with Gasteiger partial charge in [0.2, 0.25) is 0 Å². The van der Waals surface area contributed by atoms with Gasteiger partial charge in [0.05, 0.1) is 11.4 Å². The Morgan fingerprint density at radius 1 is 1.06 bits per heavy atom. The van der Waals surface area contributed by atoms with Gasteiger partial charge in [-0.2, -0.15) is 10.2 Å². The van der Waals surface area contributed by atoms with E-state index in [0.29, 0.717) is 0 Å². The van der Waals surface area contributed by atoms with Crippen molar-refractivity contribution in [2.75, 3.05) is 6.54 Å². The second-order valence-electron chi connectivity index (χ2n) is 4.44. The number of aromatic amines is 2. The Labute approximate surface area is 106 Å². The van der Waals surface area contributed by atoms with E-state index in [1.807, 2.05) is 12.1 Å². The van der Waals surface area contributed by atoms with Crippen molar-refractivity contribution in [3.8, 4) is 0 Å². The molecule has 0 saturated carbocycles. The molecule has 0 amide bonds. The summed E-state index contributed by atoms with van der Waals surface area (Å²) < 4.78 is 0. The molecule has 0 aliphatic rings. The predicted octanol–water partition coefficient (Wildman–Crippen LogP) is 0.419. The molecule has 2 aromatic heterocycles. The molecule has 2 aromatic rings. The molecule has 2 rings (SSSR count). The van der Waals surface area contributed by atoms with Crippen molar-refractivity contribution in [2.24, 2.45) is 11.5 Å². The van der Waals surface area contributed by atoms with Gasteiger partial charge in [-0.15, -0.1) is 0 Å². The summed E-state index contributed by atoms with van der Waals surface area (Å²) in [5.74, 6) is 0. The topological polar surface area (TPSA) is 109 Å². The molecule has 0 atom stereocenters. The number of aryl methyl sites for hydroxylation is 2. The van der Waals surface area contributed by atoms with Crippen molar-refractivity contribution < 1.29 is 0 Å². The summed E-state index contributed by atoms with van der Waals surface area (Å²) in [7, 11) is 0. The maximum absolute atomic E-state index is 6.39. The van der Waals surface area contributed by atoms with Crippen molar-refractivity contribution in [2.45, 2.75) is 32.2 Å². The van der Waals surface area contributed by atoms with Crippen LogP contribution in [0.4, 0.5) is 0 Å². The van der Waals surface area contributed by atoms with Crippen LogP contribution in [-0.2, 0) is 18.4 Å². The average molecular weight is 248 g/mol. The zero-order chi connectivity index (χ0) is 13.2. The SMILES string of the molecule is CCc1cc(C(N)(CN)c2cc(CC)[nH]n2)n[nH]1. The summed E-state index contributed by atoms with van der Waals surface area (Å²) in [6, 6.07) is 3.90. The summed E-state index contributed by atoms with van der Waals surface area (Å²) in [6.07, 6.45) is 1.77. The molecule has 2 heterocycles. The summed E-state index contributed by atoms with van der Waals surface area (Å²) >= 11 is 0. The normalized spacial score (nSPS) is 12.0. The predicted molar refractivity (Wildman–Crippen MR) is 70.0 cm³/mol. The minimum Gasteiger partial charge on any atom is -0.328 e. The number of rotatable bonds is 5. The molecular formula is C12H20N6. The molecule has 6 nitrogen and oxygen atoms in total. The van der Waals surface area contributed by atoms with Gasteiger partial charge in [-0.05, 0) is 25.0 Å². The van der Waals surface area contributed by atoms with E-state index in [9.17, 15) is 0 Å². The van der Waals surface area contributed by atoms with Crippen LogP contribution in [0.3, 0.4) is 0 Å². The Morgan fingerprint density at radius 2 is 1.50 bits per heavy atom. The molecular weight excluding hydrogens is 228 g/mol. The lowest BCUT2D eigenvalue weighted by molar-refractivity contribution is 0.515. The van der Waals surface area contributed by atoms with Crippen molar-refractivity contribution in [3.05, 3.63) is 34.9 Å². The fourth-order valence-corrected chi connectivity index (χ4v) is 1.88. The van der Waals surface area contributed by atoms with Crippen molar-refractivity contribution in [1.82, 2.24) is 20.4 Å². The van der Waals surface area contributed by atoms with Crippen LogP contribution in [0.2, 0.25) is 0 Å². The van der Waals surface area contributed by atoms with E-state index in [0.717, 1.165) is 35.6 Å². The first-order chi connectivity index (χ1) is 8.63. The van der Waals surface area contributed by atoms with E-state index >= 15 is 0 Å². The third-order valence-electron chi connectivity index (χ3n) is 3.26. The number of nitrogens with two attached hydrogens (primary N) is 2. The van der Waals surface area contributed by atoms with Gasteiger partial charge in [0.1, 0.15) is 5.54 Å². The lowest BCUT2D eigenvalue weighted by Gasteiger charge is -2.23. The van der Waals surface area contributed by atoms with E-state index < -0.39 is 5.54 Å². The monoisotopic (exact) mass is 248 g/mol. The van der Waals surface area contributed by atoms with Gasteiger partial charge in [-0.25, -0.2) is 0 Å². The highest BCUT2D eigenvalue weighted by Crippen LogP contribution is 2.24. The quantitative estimate of drug-likeness (QED) is 0.614. The van der Waals surface area contributed by atoms with E-state index in [4.69, 9.17) is 11.5 Å². The van der Waals surface area contributed by atoms with E-state index in [1.54, 1.807) is 0 Å². The number of nitrogens with zero attached hydrogens (tertiary/aromatic N) is 2. The number of hydrogen-bond donors (Lipinski definition) is 4. The average Bonchev–Trinajstić information content (AvgIpc) is 3.06. The molecule has 18 heavy (non-hydrogen) atoms. The van der Waals surface area contributed by atoms with Gasteiger partial charge < -0.3 is 11.5 Å². The number of H-pyrrole nitrogens is 2. The van der Waals surface area contributed by atoms with Crippen LogP contribution in [0.15, 0.2) is 12.1 Å². The van der Waals surface area contributed by atoms with Gasteiger partial charge >= 0.3 is 0 Å². The molecule has 0 spiro atoms. The minimum absolute atomic E-state index is 0.259. The second kappa shape index (κ2) is 4.91. The van der Waals surface area contributed by atoms with Gasteiger partial charge in [0.15, 0.2) is 0 Å². The molecule has 0 aliphatic carbocycles. The maximum Gasteiger partial charge on any atom is 0.117 e. The number of aromatic nitrogens is 4. The Bertz CT molecular complexity index is 470. The van der Waals surface area contributed by atoms with Crippen molar-refractivity contribution in [3.63, 3.8) is 0 Å². The van der Waals surface area contributed by atoms with Gasteiger partial charge in [-0.3, -0.25) is 10.2 Å². The Balaban J connectivity index is 2.40. The Morgan fingerprint density at radius 3 is 1.78 bits per heavy atom. The lowest BCUT2D eigenvalue weighted by Crippen LogP contribution is -2.45. The smallest absolute Gasteiger partial charge is 0.117 e. The highest BCUT2D eigenvalue weighted by atomic mass is 15.2. The van der Waals surface area contributed by atoms with E-state index in [2.05, 4.69) is 34.2 Å². The first kappa shape index (κ1) is 12.8. The standard InChI is InChI=1S/C12H20N6/c1-3-8-5-10(17-15-8)12(14,7-13)11-6-9(4-2)16-18-11/h5-6H,3-4,7,13-14H2,1-2H3,(H,15,17)(H,16,18). The molecule has 6 heteroatoms. The molecule has 0 bridgehead atoms. The molecule has 0 unspecified atom stereocenters. The highest BCUT2D eigenvalue weighted by molar-refractivity contribution is 5.31. The maximum atomic E-state index is 6.39. The molecule has 0 aromatic carbocycles. The van der Waals surface area contributed by atoms with Crippen LogP contribution in [-0.4, -0.2) is 26.9 Å². The number of hydrogen-bond acceptors (Lipinski definition) is 4. The van der Waals surface area contributed by atoms with Gasteiger partial charge in [0.25, 0.3) is 0 Å². The Hall–Kier alpha value is -1.66. The lowest BCUT2D eigenvalue weighted by atomic mass is 9.92. The van der Waals surface area contributed by atoms with Gasteiger partial charge in [0, 0.05) is 17.9 Å². The molecule has 98 valence electrons. The first-order valence-electron chi connectivity index (χ1n) is 6.22. The van der Waals surface area contributed by atoms with Gasteiger partial charge in [-0.1, -0.05) is 13.8 Å². The van der Waals surface area contributed by atoms with Crippen molar-refractivity contribution in [1.29, 1.82) is 0 Å². The Kier molecular flexibility index (Phi) is 3.49. The molecule has 0 fully saturated rings. The summed E-state index contributed by atoms with van der Waals surface area (Å²) in [5.41, 5.74) is 14.9. The first-order valence-corrected chi connectivity index (χ1v) is 6.22. The molecule has 0 saturated heterocycles. The summed E-state index contributed by atoms with van der Waals surface area (Å²) in [4.78, 5) is 0. The molecule has 0 aliphatic heterocycles. The van der Waals surface area contributed by atoms with Crippen LogP contribution in [0.1, 0.15) is 36.6 Å². The zero-order valence-corrected chi connectivity index (χ0v) is 10.8. The zero-order valence-electron chi connectivity index (χ0n) is 10.8. The minimum atomic E-state index is -0.839. The number of nitrogens with one attached hydrogen (secondary N) is 2. The second-order valence-corrected chi connectivity index (χ2v) is 4.44. The summed E-state index contributed by atoms with van der Waals surface area (Å²) in [6.45, 7) is 4.37. The van der Waals surface area contributed by atoms with E-state index in [-0.39, 0.29) is 6.54 Å². The van der Waals surface area contributed by atoms with Crippen LogP contribution < -0.4 is 11.5 Å². The third kappa shape index (κ3) is 2.04. The molecule has 6 N–H and O–H groups in total. The van der Waals surface area contributed by atoms with Crippen molar-refractivity contribution >= 4 is 0 Å². The van der Waals surface area contributed by atoms with E-state index in [1.165, 1.54) is 0 Å². The fourth-order valence-electron chi connectivity index (χ4n) is 1.88. The largest absolute Gasteiger partial charge is 0.328 e. The van der Waals surface area contributed by atoms with Crippen LogP contribution in [0.5, 0.6) is 0 Å². The van der Waals surface area contributed by atoms with Crippen LogP contribution in [0.25, 0.3) is 0 Å².